The molecule has 2 aliphatic heterocycles. The molecule has 1 aromatic heterocycles. The van der Waals surface area contributed by atoms with Crippen molar-refractivity contribution >= 4 is 11.6 Å². The summed E-state index contributed by atoms with van der Waals surface area (Å²) in [6.07, 6.45) is 5.00. The average molecular weight is 391 g/mol. The Morgan fingerprint density at radius 3 is 2.70 bits per heavy atom. The van der Waals surface area contributed by atoms with Gasteiger partial charge in [0, 0.05) is 29.7 Å². The van der Waals surface area contributed by atoms with Crippen molar-refractivity contribution in [2.24, 2.45) is 0 Å². The zero-order chi connectivity index (χ0) is 18.5. The van der Waals surface area contributed by atoms with Crippen LogP contribution in [0.15, 0.2) is 28.8 Å². The molecule has 6 nitrogen and oxygen atoms in total. The molecule has 0 N–H and O–H groups in total. The van der Waals surface area contributed by atoms with Gasteiger partial charge in [-0.1, -0.05) is 23.2 Å². The molecular formula is C20H27ClN4O2. The summed E-state index contributed by atoms with van der Waals surface area (Å²) < 4.78 is 11.0. The summed E-state index contributed by atoms with van der Waals surface area (Å²) in [6.45, 7) is 6.82. The third-order valence-electron chi connectivity index (χ3n) is 5.54. The molecule has 0 spiro atoms. The van der Waals surface area contributed by atoms with E-state index in [1.807, 2.05) is 24.3 Å². The lowest BCUT2D eigenvalue weighted by Gasteiger charge is -2.36. The molecule has 2 saturated heterocycles. The second-order valence-corrected chi connectivity index (χ2v) is 7.82. The molecule has 2 fully saturated rings. The number of ether oxygens (including phenoxy) is 1. The second-order valence-electron chi connectivity index (χ2n) is 7.38. The minimum atomic E-state index is 0.590. The van der Waals surface area contributed by atoms with Gasteiger partial charge < -0.3 is 9.26 Å². The first kappa shape index (κ1) is 18.9. The van der Waals surface area contributed by atoms with Crippen LogP contribution in [0.4, 0.5) is 0 Å². The maximum Gasteiger partial charge on any atom is 0.241 e. The summed E-state index contributed by atoms with van der Waals surface area (Å²) >= 11 is 5.95. The topological polar surface area (TPSA) is 54.6 Å². The highest BCUT2D eigenvalue weighted by Crippen LogP contribution is 2.24. The predicted molar refractivity (Wildman–Crippen MR) is 105 cm³/mol. The van der Waals surface area contributed by atoms with Crippen LogP contribution in [-0.4, -0.2) is 65.4 Å². The second kappa shape index (κ2) is 9.15. The standard InChI is InChI=1S/C20H27ClN4O2/c21-17-6-4-16(5-7-17)20-22-19(27-23-20)15-25-9-2-1-3-18(25)8-10-24-11-13-26-14-12-24/h4-7,18H,1-3,8-15H2. The quantitative estimate of drug-likeness (QED) is 0.752. The lowest BCUT2D eigenvalue weighted by Crippen LogP contribution is -2.43. The van der Waals surface area contributed by atoms with Gasteiger partial charge in [0.05, 0.1) is 19.8 Å². The monoisotopic (exact) mass is 390 g/mol. The van der Waals surface area contributed by atoms with Gasteiger partial charge in [-0.05, 0) is 56.6 Å². The van der Waals surface area contributed by atoms with Crippen LogP contribution in [0.5, 0.6) is 0 Å². The summed E-state index contributed by atoms with van der Waals surface area (Å²) in [7, 11) is 0. The van der Waals surface area contributed by atoms with Crippen molar-refractivity contribution in [1.29, 1.82) is 0 Å². The number of hydrogen-bond acceptors (Lipinski definition) is 6. The van der Waals surface area contributed by atoms with Crippen molar-refractivity contribution in [2.45, 2.75) is 38.3 Å². The molecule has 1 aromatic carbocycles. The van der Waals surface area contributed by atoms with Crippen LogP contribution in [-0.2, 0) is 11.3 Å². The van der Waals surface area contributed by atoms with E-state index in [1.165, 1.54) is 25.7 Å². The molecule has 27 heavy (non-hydrogen) atoms. The molecule has 2 aromatic rings. The Hall–Kier alpha value is -1.47. The number of nitrogens with zero attached hydrogens (tertiary/aromatic N) is 4. The van der Waals surface area contributed by atoms with Crippen molar-refractivity contribution < 1.29 is 9.26 Å². The fourth-order valence-corrected chi connectivity index (χ4v) is 4.09. The van der Waals surface area contributed by atoms with Crippen LogP contribution >= 0.6 is 11.6 Å². The molecule has 7 heteroatoms. The lowest BCUT2D eigenvalue weighted by molar-refractivity contribution is 0.0294. The van der Waals surface area contributed by atoms with Crippen molar-refractivity contribution in [2.75, 3.05) is 39.4 Å². The van der Waals surface area contributed by atoms with Crippen molar-refractivity contribution in [3.05, 3.63) is 35.2 Å². The smallest absolute Gasteiger partial charge is 0.241 e. The van der Waals surface area contributed by atoms with Gasteiger partial charge in [-0.2, -0.15) is 4.98 Å². The number of hydrogen-bond donors (Lipinski definition) is 0. The fraction of sp³-hybridized carbons (Fsp3) is 0.600. The molecular weight excluding hydrogens is 364 g/mol. The summed E-state index contributed by atoms with van der Waals surface area (Å²) in [4.78, 5) is 9.63. The zero-order valence-corrected chi connectivity index (χ0v) is 16.4. The van der Waals surface area contributed by atoms with Gasteiger partial charge in [0.2, 0.25) is 11.7 Å². The molecule has 0 bridgehead atoms. The predicted octanol–water partition coefficient (Wildman–Crippen LogP) is 3.47. The number of piperidine rings is 1. The van der Waals surface area contributed by atoms with E-state index in [1.54, 1.807) is 0 Å². The van der Waals surface area contributed by atoms with Crippen LogP contribution in [0.1, 0.15) is 31.6 Å². The van der Waals surface area contributed by atoms with Gasteiger partial charge >= 0.3 is 0 Å². The first-order chi connectivity index (χ1) is 13.3. The molecule has 0 aliphatic carbocycles. The van der Waals surface area contributed by atoms with Gasteiger partial charge in [0.25, 0.3) is 0 Å². The Morgan fingerprint density at radius 2 is 1.89 bits per heavy atom. The van der Waals surface area contributed by atoms with Gasteiger partial charge in [-0.25, -0.2) is 0 Å². The molecule has 1 atom stereocenters. The summed E-state index contributed by atoms with van der Waals surface area (Å²) in [5.41, 5.74) is 0.928. The van der Waals surface area contributed by atoms with Gasteiger partial charge in [0.15, 0.2) is 0 Å². The maximum absolute atomic E-state index is 5.95. The molecule has 0 amide bonds. The van der Waals surface area contributed by atoms with Crippen molar-refractivity contribution in [3.8, 4) is 11.4 Å². The number of halogens is 1. The molecule has 4 rings (SSSR count). The third-order valence-corrected chi connectivity index (χ3v) is 5.79. The Balaban J connectivity index is 1.35. The van der Waals surface area contributed by atoms with Crippen LogP contribution in [0.2, 0.25) is 5.02 Å². The van der Waals surface area contributed by atoms with Crippen molar-refractivity contribution in [3.63, 3.8) is 0 Å². The fourth-order valence-electron chi connectivity index (χ4n) is 3.96. The van der Waals surface area contributed by atoms with E-state index >= 15 is 0 Å². The molecule has 0 radical (unpaired) electrons. The average Bonchev–Trinajstić information content (AvgIpc) is 3.17. The highest BCUT2D eigenvalue weighted by atomic mass is 35.5. The van der Waals surface area contributed by atoms with E-state index in [4.69, 9.17) is 20.9 Å². The van der Waals surface area contributed by atoms with Gasteiger partial charge in [0.1, 0.15) is 0 Å². The Bertz CT molecular complexity index is 715. The van der Waals surface area contributed by atoms with Crippen LogP contribution in [0.25, 0.3) is 11.4 Å². The highest BCUT2D eigenvalue weighted by molar-refractivity contribution is 6.30. The molecule has 0 saturated carbocycles. The minimum Gasteiger partial charge on any atom is -0.379 e. The minimum absolute atomic E-state index is 0.590. The summed E-state index contributed by atoms with van der Waals surface area (Å²) in [6, 6.07) is 8.12. The molecule has 2 aliphatic rings. The van der Waals surface area contributed by atoms with E-state index in [0.717, 1.165) is 51.5 Å². The molecule has 1 unspecified atom stereocenters. The van der Waals surface area contributed by atoms with Crippen LogP contribution < -0.4 is 0 Å². The SMILES string of the molecule is Clc1ccc(-c2noc(CN3CCCCC3CCN3CCOCC3)n2)cc1. The van der Waals surface area contributed by atoms with Gasteiger partial charge in [-0.3, -0.25) is 9.80 Å². The first-order valence-electron chi connectivity index (χ1n) is 9.90. The Kier molecular flexibility index (Phi) is 6.39. The maximum atomic E-state index is 5.95. The zero-order valence-electron chi connectivity index (χ0n) is 15.6. The van der Waals surface area contributed by atoms with E-state index < -0.39 is 0 Å². The van der Waals surface area contributed by atoms with E-state index in [9.17, 15) is 0 Å². The number of likely N-dealkylation sites (tertiary alicyclic amines) is 1. The van der Waals surface area contributed by atoms with E-state index in [2.05, 4.69) is 19.9 Å². The summed E-state index contributed by atoms with van der Waals surface area (Å²) in [5, 5.41) is 4.86. The Morgan fingerprint density at radius 1 is 1.07 bits per heavy atom. The van der Waals surface area contributed by atoms with E-state index in [0.29, 0.717) is 22.8 Å². The number of morpholine rings is 1. The first-order valence-corrected chi connectivity index (χ1v) is 10.3. The lowest BCUT2D eigenvalue weighted by atomic mass is 9.99. The summed E-state index contributed by atoms with van der Waals surface area (Å²) in [5.74, 6) is 1.32. The number of aromatic nitrogens is 2. The van der Waals surface area contributed by atoms with Crippen LogP contribution in [0.3, 0.4) is 0 Å². The number of rotatable bonds is 6. The normalized spacial score (nSPS) is 22.2. The van der Waals surface area contributed by atoms with Crippen LogP contribution in [0, 0.1) is 0 Å². The molecule has 146 valence electrons. The third kappa shape index (κ3) is 5.08. The highest BCUT2D eigenvalue weighted by Gasteiger charge is 2.25. The number of benzene rings is 1. The van der Waals surface area contributed by atoms with Crippen molar-refractivity contribution in [1.82, 2.24) is 19.9 Å². The largest absolute Gasteiger partial charge is 0.379 e. The Labute approximate surface area is 165 Å². The van der Waals surface area contributed by atoms with Gasteiger partial charge in [-0.15, -0.1) is 0 Å². The molecule has 3 heterocycles. The van der Waals surface area contributed by atoms with E-state index in [-0.39, 0.29) is 0 Å².